The Morgan fingerprint density at radius 1 is 1.24 bits per heavy atom. The number of halogens is 1. The van der Waals surface area contributed by atoms with Crippen molar-refractivity contribution >= 4 is 23.3 Å². The number of Topliss-reactive ketones (excluding diaryl/α,β-unsaturated/α-hetero) is 1. The van der Waals surface area contributed by atoms with Crippen LogP contribution >= 0.6 is 0 Å². The molecular weight excluding hydrogens is 439 g/mol. The van der Waals surface area contributed by atoms with Crippen LogP contribution in [0.25, 0.3) is 11.3 Å². The molecular formula is C24H27FN6O3. The van der Waals surface area contributed by atoms with E-state index in [1.807, 2.05) is 6.92 Å². The predicted molar refractivity (Wildman–Crippen MR) is 123 cm³/mol. The number of hydrogen-bond donors (Lipinski definition) is 3. The summed E-state index contributed by atoms with van der Waals surface area (Å²) in [5.74, 6) is -2.61. The second-order valence-corrected chi connectivity index (χ2v) is 8.79. The fraction of sp³-hybridized carbons (Fsp3) is 0.375. The predicted octanol–water partition coefficient (Wildman–Crippen LogP) is 3.37. The molecule has 0 radical (unpaired) electrons. The molecule has 178 valence electrons. The highest BCUT2D eigenvalue weighted by atomic mass is 19.1. The number of nitrogens with two attached hydrogens (primary N) is 1. The maximum Gasteiger partial charge on any atom is 0.269 e. The molecule has 34 heavy (non-hydrogen) atoms. The van der Waals surface area contributed by atoms with Gasteiger partial charge in [0.1, 0.15) is 11.5 Å². The van der Waals surface area contributed by atoms with Crippen molar-refractivity contribution in [3.63, 3.8) is 0 Å². The summed E-state index contributed by atoms with van der Waals surface area (Å²) in [5, 5.41) is 13.7. The highest BCUT2D eigenvalue weighted by Gasteiger charge is 2.34. The van der Waals surface area contributed by atoms with E-state index in [2.05, 4.69) is 20.6 Å². The van der Waals surface area contributed by atoms with Gasteiger partial charge in [0.15, 0.2) is 5.78 Å². The quantitative estimate of drug-likeness (QED) is 0.459. The van der Waals surface area contributed by atoms with E-state index in [1.165, 1.54) is 23.0 Å². The van der Waals surface area contributed by atoms with Crippen LogP contribution in [0.1, 0.15) is 58.6 Å². The Morgan fingerprint density at radius 2 is 2.00 bits per heavy atom. The first-order chi connectivity index (χ1) is 16.2. The van der Waals surface area contributed by atoms with Gasteiger partial charge in [-0.1, -0.05) is 18.9 Å². The van der Waals surface area contributed by atoms with Gasteiger partial charge in [-0.2, -0.15) is 10.2 Å². The number of aromatic nitrogens is 4. The van der Waals surface area contributed by atoms with E-state index in [9.17, 15) is 18.8 Å². The summed E-state index contributed by atoms with van der Waals surface area (Å²) in [4.78, 5) is 37.7. The van der Waals surface area contributed by atoms with Crippen molar-refractivity contribution in [1.29, 1.82) is 0 Å². The lowest BCUT2D eigenvalue weighted by Crippen LogP contribution is -2.33. The molecule has 1 saturated carbocycles. The summed E-state index contributed by atoms with van der Waals surface area (Å²) in [6, 6.07) is 6.25. The topological polar surface area (TPSA) is 136 Å². The number of hydrogen-bond acceptors (Lipinski definition) is 5. The number of rotatable bonds is 7. The molecule has 2 amide bonds. The smallest absolute Gasteiger partial charge is 0.269 e. The first kappa shape index (κ1) is 23.3. The van der Waals surface area contributed by atoms with Gasteiger partial charge in [-0.05, 0) is 43.9 Å². The Labute approximate surface area is 195 Å². The number of nitrogens with one attached hydrogen (secondary N) is 2. The average molecular weight is 467 g/mol. The summed E-state index contributed by atoms with van der Waals surface area (Å²) in [5.41, 5.74) is 7.78. The van der Waals surface area contributed by atoms with E-state index in [-0.39, 0.29) is 41.0 Å². The Morgan fingerprint density at radius 3 is 2.68 bits per heavy atom. The molecule has 2 unspecified atom stereocenters. The molecule has 4 rings (SSSR count). The summed E-state index contributed by atoms with van der Waals surface area (Å²) < 4.78 is 16.1. The lowest BCUT2D eigenvalue weighted by atomic mass is 9.75. The normalized spacial score (nSPS) is 18.0. The number of aromatic amines is 1. The van der Waals surface area contributed by atoms with E-state index in [4.69, 9.17) is 5.73 Å². The average Bonchev–Trinajstić information content (AvgIpc) is 3.39. The summed E-state index contributed by atoms with van der Waals surface area (Å²) in [7, 11) is 1.56. The number of carbonyl (C=O) groups is 3. The van der Waals surface area contributed by atoms with Crippen LogP contribution in [-0.4, -0.2) is 37.6 Å². The van der Waals surface area contributed by atoms with Gasteiger partial charge in [0.05, 0.1) is 23.1 Å². The van der Waals surface area contributed by atoms with Gasteiger partial charge in [0, 0.05) is 30.6 Å². The number of carbonyl (C=O) groups excluding carboxylic acids is 3. The zero-order valence-electron chi connectivity index (χ0n) is 19.1. The van der Waals surface area contributed by atoms with Gasteiger partial charge < -0.3 is 11.1 Å². The van der Waals surface area contributed by atoms with Crippen LogP contribution in [0, 0.1) is 24.6 Å². The Balaban J connectivity index is 1.48. The van der Waals surface area contributed by atoms with Crippen LogP contribution in [0.15, 0.2) is 30.5 Å². The molecule has 0 aliphatic heterocycles. The van der Waals surface area contributed by atoms with Gasteiger partial charge in [-0.3, -0.25) is 24.2 Å². The molecule has 1 fully saturated rings. The van der Waals surface area contributed by atoms with Crippen LogP contribution < -0.4 is 11.1 Å². The van der Waals surface area contributed by atoms with Crippen LogP contribution in [0.5, 0.6) is 0 Å². The van der Waals surface area contributed by atoms with E-state index in [0.717, 1.165) is 18.5 Å². The molecule has 0 bridgehead atoms. The Hall–Kier alpha value is -3.82. The van der Waals surface area contributed by atoms with Gasteiger partial charge in [0.2, 0.25) is 5.91 Å². The first-order valence-electron chi connectivity index (χ1n) is 11.2. The fourth-order valence-electron chi connectivity index (χ4n) is 4.66. The zero-order chi connectivity index (χ0) is 24.4. The van der Waals surface area contributed by atoms with Gasteiger partial charge in [0.25, 0.3) is 5.91 Å². The molecule has 4 N–H and O–H groups in total. The number of nitrogens with zero attached hydrogens (tertiary/aromatic N) is 3. The molecule has 2 atom stereocenters. The number of H-pyrrole nitrogens is 1. The van der Waals surface area contributed by atoms with E-state index >= 15 is 0 Å². The van der Waals surface area contributed by atoms with Crippen molar-refractivity contribution < 1.29 is 18.8 Å². The molecule has 10 heteroatoms. The Bertz CT molecular complexity index is 1250. The van der Waals surface area contributed by atoms with E-state index < -0.39 is 17.6 Å². The van der Waals surface area contributed by atoms with Crippen LogP contribution in [0.2, 0.25) is 0 Å². The third-order valence-corrected chi connectivity index (χ3v) is 6.39. The molecule has 1 aliphatic carbocycles. The SMILES string of the molecule is Cc1cc(-c2ccc(C(=O)CC3CCCCC3C(=O)Nc3cnn(C)c3C(N)=O)c(F)c2)n[nH]1. The molecule has 0 saturated heterocycles. The van der Waals surface area contributed by atoms with E-state index in [0.29, 0.717) is 24.1 Å². The fourth-order valence-corrected chi connectivity index (χ4v) is 4.66. The zero-order valence-corrected chi connectivity index (χ0v) is 19.1. The van der Waals surface area contributed by atoms with Crippen molar-refractivity contribution in [1.82, 2.24) is 20.0 Å². The summed E-state index contributed by atoms with van der Waals surface area (Å²) in [6.07, 6.45) is 4.47. The minimum atomic E-state index is -0.699. The van der Waals surface area contributed by atoms with Crippen molar-refractivity contribution in [2.45, 2.75) is 39.0 Å². The molecule has 0 spiro atoms. The highest BCUT2D eigenvalue weighted by molar-refractivity contribution is 6.02. The number of aryl methyl sites for hydroxylation is 2. The summed E-state index contributed by atoms with van der Waals surface area (Å²) >= 11 is 0. The lowest BCUT2D eigenvalue weighted by molar-refractivity contribution is -0.122. The second-order valence-electron chi connectivity index (χ2n) is 8.79. The molecule has 1 aromatic carbocycles. The maximum absolute atomic E-state index is 14.8. The molecule has 2 aromatic heterocycles. The largest absolute Gasteiger partial charge is 0.364 e. The van der Waals surface area contributed by atoms with Crippen LogP contribution in [0.4, 0.5) is 10.1 Å². The first-order valence-corrected chi connectivity index (χ1v) is 11.2. The molecule has 9 nitrogen and oxygen atoms in total. The molecule has 1 aliphatic rings. The summed E-state index contributed by atoms with van der Waals surface area (Å²) in [6.45, 7) is 1.85. The van der Waals surface area contributed by atoms with Gasteiger partial charge in [-0.25, -0.2) is 4.39 Å². The van der Waals surface area contributed by atoms with Crippen molar-refractivity contribution in [3.05, 3.63) is 53.2 Å². The third-order valence-electron chi connectivity index (χ3n) is 6.39. The number of primary amides is 1. The third kappa shape index (κ3) is 4.75. The molecule has 3 aromatic rings. The Kier molecular flexibility index (Phi) is 6.58. The van der Waals surface area contributed by atoms with Crippen LogP contribution in [0.3, 0.4) is 0 Å². The van der Waals surface area contributed by atoms with Crippen LogP contribution in [-0.2, 0) is 11.8 Å². The number of amides is 2. The highest BCUT2D eigenvalue weighted by Crippen LogP contribution is 2.35. The van der Waals surface area contributed by atoms with Gasteiger partial charge in [-0.15, -0.1) is 0 Å². The number of ketones is 1. The van der Waals surface area contributed by atoms with Gasteiger partial charge >= 0.3 is 0 Å². The minimum Gasteiger partial charge on any atom is -0.364 e. The minimum absolute atomic E-state index is 0.00372. The van der Waals surface area contributed by atoms with E-state index in [1.54, 1.807) is 19.2 Å². The second kappa shape index (κ2) is 9.58. The van der Waals surface area contributed by atoms with Crippen molar-refractivity contribution in [3.8, 4) is 11.3 Å². The lowest BCUT2D eigenvalue weighted by Gasteiger charge is -2.30. The maximum atomic E-state index is 14.8. The number of benzene rings is 1. The number of anilines is 1. The monoisotopic (exact) mass is 466 g/mol. The van der Waals surface area contributed by atoms with Crippen molar-refractivity contribution in [2.75, 3.05) is 5.32 Å². The molecule has 2 heterocycles. The van der Waals surface area contributed by atoms with Crippen molar-refractivity contribution in [2.24, 2.45) is 24.6 Å². The standard InChI is InChI=1S/C24H27FN6O3/c1-13-9-19(30-29-13)15-7-8-17(18(25)10-15)21(32)11-14-5-3-4-6-16(14)24(34)28-20-12-27-31(2)22(20)23(26)33/h7-10,12,14,16H,3-6,11H2,1-2H3,(H2,26,33)(H,28,34)(H,29,30).